The van der Waals surface area contributed by atoms with Crippen LogP contribution in [0.25, 0.3) is 0 Å². The largest absolute Gasteiger partial charge is 0.298 e. The number of carbonyl (C=O) groups excluding carboxylic acids is 1. The molecule has 0 radical (unpaired) electrons. The fraction of sp³-hybridized carbons (Fsp3) is 0.357. The fourth-order valence-corrected chi connectivity index (χ4v) is 3.66. The second-order valence-electron chi connectivity index (χ2n) is 4.54. The molecule has 19 heavy (non-hydrogen) atoms. The minimum Gasteiger partial charge on any atom is -0.298 e. The predicted molar refractivity (Wildman–Crippen MR) is 74.3 cm³/mol. The zero-order valence-electron chi connectivity index (χ0n) is 10.7. The number of benzene rings is 1. The highest BCUT2D eigenvalue weighted by Crippen LogP contribution is 2.40. The minimum absolute atomic E-state index is 0.00297. The number of ketones is 1. The molecule has 0 saturated heterocycles. The molecule has 98 valence electrons. The van der Waals surface area contributed by atoms with Crippen LogP contribution in [0.3, 0.4) is 0 Å². The van der Waals surface area contributed by atoms with Gasteiger partial charge in [-0.25, -0.2) is 9.67 Å². The van der Waals surface area contributed by atoms with Gasteiger partial charge in [0.25, 0.3) is 0 Å². The van der Waals surface area contributed by atoms with Crippen LogP contribution in [0.4, 0.5) is 0 Å². The molecule has 0 N–H and O–H groups in total. The molecule has 1 aromatic heterocycles. The maximum Gasteiger partial charge on any atom is 0.148 e. The lowest BCUT2D eigenvalue weighted by atomic mass is 9.95. The molecule has 0 saturated carbocycles. The first-order valence-corrected chi connectivity index (χ1v) is 7.39. The summed E-state index contributed by atoms with van der Waals surface area (Å²) >= 11 is 1.76. The third kappa shape index (κ3) is 2.30. The Kier molecular flexibility index (Phi) is 3.38. The monoisotopic (exact) mass is 273 g/mol. The van der Waals surface area contributed by atoms with Crippen molar-refractivity contribution in [3.05, 3.63) is 42.0 Å². The number of Topliss-reactive ketones (excluding diaryl/α,β-unsaturated/α-hetero) is 1. The molecule has 1 atom stereocenters. The Bertz CT molecular complexity index is 608. The van der Waals surface area contributed by atoms with Gasteiger partial charge in [-0.1, -0.05) is 18.2 Å². The van der Waals surface area contributed by atoms with Crippen molar-refractivity contribution < 1.29 is 4.79 Å². The standard InChI is InChI=1S/C14H15N3OS/c1-2-17-14(15-9-16-17)7-12(18)11-8-19-13-6-4-3-5-10(11)13/h3-6,9,11H,2,7-8H2,1H3. The lowest BCUT2D eigenvalue weighted by Gasteiger charge is -2.09. The van der Waals surface area contributed by atoms with Crippen LogP contribution in [0.5, 0.6) is 0 Å². The van der Waals surface area contributed by atoms with Gasteiger partial charge in [0.05, 0.1) is 12.3 Å². The predicted octanol–water partition coefficient (Wildman–Crippen LogP) is 2.30. The Morgan fingerprint density at radius 2 is 2.32 bits per heavy atom. The van der Waals surface area contributed by atoms with E-state index in [1.165, 1.54) is 16.8 Å². The lowest BCUT2D eigenvalue weighted by Crippen LogP contribution is -2.17. The average molecular weight is 273 g/mol. The van der Waals surface area contributed by atoms with Gasteiger partial charge in [-0.2, -0.15) is 5.10 Å². The van der Waals surface area contributed by atoms with Crippen molar-refractivity contribution >= 4 is 17.5 Å². The van der Waals surface area contributed by atoms with Crippen LogP contribution in [0, 0.1) is 0 Å². The molecule has 0 aliphatic carbocycles. The SMILES string of the molecule is CCn1ncnc1CC(=O)C1CSc2ccccc21. The molecule has 0 amide bonds. The smallest absolute Gasteiger partial charge is 0.148 e. The molecule has 5 heteroatoms. The summed E-state index contributed by atoms with van der Waals surface area (Å²) in [7, 11) is 0. The highest BCUT2D eigenvalue weighted by atomic mass is 32.2. The van der Waals surface area contributed by atoms with E-state index in [2.05, 4.69) is 22.2 Å². The van der Waals surface area contributed by atoms with Gasteiger partial charge < -0.3 is 0 Å². The first kappa shape index (κ1) is 12.4. The van der Waals surface area contributed by atoms with E-state index in [-0.39, 0.29) is 11.7 Å². The summed E-state index contributed by atoms with van der Waals surface area (Å²) in [5.74, 6) is 1.85. The van der Waals surface area contributed by atoms with Crippen molar-refractivity contribution in [2.75, 3.05) is 5.75 Å². The molecule has 4 nitrogen and oxygen atoms in total. The summed E-state index contributed by atoms with van der Waals surface area (Å²) < 4.78 is 1.78. The summed E-state index contributed by atoms with van der Waals surface area (Å²) in [5.41, 5.74) is 1.17. The van der Waals surface area contributed by atoms with Gasteiger partial charge in [0.1, 0.15) is 17.9 Å². The quantitative estimate of drug-likeness (QED) is 0.857. The molecule has 1 aliphatic heterocycles. The molecule has 0 spiro atoms. The second kappa shape index (κ2) is 5.17. The van der Waals surface area contributed by atoms with E-state index < -0.39 is 0 Å². The van der Waals surface area contributed by atoms with Crippen LogP contribution in [-0.4, -0.2) is 26.3 Å². The zero-order valence-corrected chi connectivity index (χ0v) is 11.6. The van der Waals surface area contributed by atoms with Crippen molar-refractivity contribution in [1.29, 1.82) is 0 Å². The van der Waals surface area contributed by atoms with Crippen LogP contribution >= 0.6 is 11.8 Å². The maximum absolute atomic E-state index is 12.4. The fourth-order valence-electron chi connectivity index (χ4n) is 2.40. The van der Waals surface area contributed by atoms with Crippen molar-refractivity contribution in [2.45, 2.75) is 30.7 Å². The summed E-state index contributed by atoms with van der Waals surface area (Å²) in [4.78, 5) is 17.9. The number of carbonyl (C=O) groups is 1. The van der Waals surface area contributed by atoms with Gasteiger partial charge in [-0.15, -0.1) is 11.8 Å². The van der Waals surface area contributed by atoms with E-state index >= 15 is 0 Å². The number of hydrogen-bond donors (Lipinski definition) is 0. The average Bonchev–Trinajstić information content (AvgIpc) is 3.04. The van der Waals surface area contributed by atoms with E-state index in [9.17, 15) is 4.79 Å². The van der Waals surface area contributed by atoms with E-state index in [4.69, 9.17) is 0 Å². The molecule has 0 bridgehead atoms. The molecule has 2 heterocycles. The van der Waals surface area contributed by atoms with E-state index in [1.807, 2.05) is 19.1 Å². The number of hydrogen-bond acceptors (Lipinski definition) is 4. The number of aryl methyl sites for hydroxylation is 1. The van der Waals surface area contributed by atoms with E-state index in [0.717, 1.165) is 18.1 Å². The molecule has 2 aromatic rings. The molecule has 3 rings (SSSR count). The molecular weight excluding hydrogens is 258 g/mol. The Morgan fingerprint density at radius 1 is 1.47 bits per heavy atom. The van der Waals surface area contributed by atoms with Crippen molar-refractivity contribution in [3.8, 4) is 0 Å². The van der Waals surface area contributed by atoms with Crippen molar-refractivity contribution in [1.82, 2.24) is 14.8 Å². The molecule has 0 fully saturated rings. The van der Waals surface area contributed by atoms with Gasteiger partial charge in [0, 0.05) is 17.2 Å². The maximum atomic E-state index is 12.4. The van der Waals surface area contributed by atoms with Gasteiger partial charge in [0.2, 0.25) is 0 Å². The van der Waals surface area contributed by atoms with Crippen LogP contribution in [0.15, 0.2) is 35.5 Å². The molecule has 1 unspecified atom stereocenters. The Morgan fingerprint density at radius 3 is 3.16 bits per heavy atom. The second-order valence-corrected chi connectivity index (χ2v) is 5.60. The highest BCUT2D eigenvalue weighted by molar-refractivity contribution is 7.99. The number of thioether (sulfide) groups is 1. The van der Waals surface area contributed by atoms with Gasteiger partial charge in [0.15, 0.2) is 0 Å². The molecular formula is C14H15N3OS. The molecule has 1 aromatic carbocycles. The zero-order chi connectivity index (χ0) is 13.2. The molecule has 1 aliphatic rings. The van der Waals surface area contributed by atoms with Crippen LogP contribution in [-0.2, 0) is 17.8 Å². The summed E-state index contributed by atoms with van der Waals surface area (Å²) in [5, 5.41) is 4.11. The highest BCUT2D eigenvalue weighted by Gasteiger charge is 2.29. The normalized spacial score (nSPS) is 17.4. The third-order valence-electron chi connectivity index (χ3n) is 3.42. The Balaban J connectivity index is 1.79. The number of fused-ring (bicyclic) bond motifs is 1. The third-order valence-corrected chi connectivity index (χ3v) is 4.60. The van der Waals surface area contributed by atoms with E-state index in [1.54, 1.807) is 16.4 Å². The van der Waals surface area contributed by atoms with Crippen LogP contribution < -0.4 is 0 Å². The summed E-state index contributed by atoms with van der Waals surface area (Å²) in [6, 6.07) is 8.16. The number of nitrogens with zero attached hydrogens (tertiary/aromatic N) is 3. The van der Waals surface area contributed by atoms with Gasteiger partial charge in [-0.05, 0) is 18.6 Å². The summed E-state index contributed by atoms with van der Waals surface area (Å²) in [6.07, 6.45) is 1.89. The van der Waals surface area contributed by atoms with Crippen molar-refractivity contribution in [2.24, 2.45) is 0 Å². The number of aromatic nitrogens is 3. The lowest BCUT2D eigenvalue weighted by molar-refractivity contribution is -0.119. The van der Waals surface area contributed by atoms with Crippen LogP contribution in [0.1, 0.15) is 24.2 Å². The minimum atomic E-state index is 0.00297. The summed E-state index contributed by atoms with van der Waals surface area (Å²) in [6.45, 7) is 2.75. The van der Waals surface area contributed by atoms with Crippen LogP contribution in [0.2, 0.25) is 0 Å². The van der Waals surface area contributed by atoms with Crippen molar-refractivity contribution in [3.63, 3.8) is 0 Å². The first-order valence-electron chi connectivity index (χ1n) is 6.40. The number of rotatable bonds is 4. The van der Waals surface area contributed by atoms with Gasteiger partial charge >= 0.3 is 0 Å². The first-order chi connectivity index (χ1) is 9.29. The van der Waals surface area contributed by atoms with Gasteiger partial charge in [-0.3, -0.25) is 4.79 Å². The topological polar surface area (TPSA) is 47.8 Å². The Hall–Kier alpha value is -1.62. The Labute approximate surface area is 116 Å². The van der Waals surface area contributed by atoms with E-state index in [0.29, 0.717) is 6.42 Å².